The topological polar surface area (TPSA) is 63.5 Å². The first kappa shape index (κ1) is 12.5. The Morgan fingerprint density at radius 1 is 1.50 bits per heavy atom. The highest BCUT2D eigenvalue weighted by Gasteiger charge is 2.26. The van der Waals surface area contributed by atoms with Crippen LogP contribution in [0.3, 0.4) is 0 Å². The Balaban J connectivity index is 2.35. The van der Waals surface area contributed by atoms with E-state index in [4.69, 9.17) is 0 Å². The highest BCUT2D eigenvalue weighted by molar-refractivity contribution is 5.68. The van der Waals surface area contributed by atoms with Gasteiger partial charge in [-0.05, 0) is 25.8 Å². The predicted octanol–water partition coefficient (Wildman–Crippen LogP) is 2.32. The van der Waals surface area contributed by atoms with Crippen molar-refractivity contribution in [2.45, 2.75) is 19.8 Å². The van der Waals surface area contributed by atoms with Crippen molar-refractivity contribution in [1.29, 1.82) is 0 Å². The summed E-state index contributed by atoms with van der Waals surface area (Å²) in [6, 6.07) is 5.32. The molecule has 1 aliphatic heterocycles. The molecule has 0 aliphatic carbocycles. The molecule has 2 rings (SSSR count). The van der Waals surface area contributed by atoms with Crippen LogP contribution in [-0.4, -0.2) is 24.3 Å². The Hall–Kier alpha value is -1.91. The van der Waals surface area contributed by atoms with Gasteiger partial charge in [-0.2, -0.15) is 0 Å². The number of piperidine rings is 1. The number of carbonyl (C=O) groups is 1. The highest BCUT2D eigenvalue weighted by atomic mass is 16.6. The maximum absolute atomic E-state index is 11.1. The van der Waals surface area contributed by atoms with Gasteiger partial charge < -0.3 is 9.69 Å². The summed E-state index contributed by atoms with van der Waals surface area (Å²) in [6.07, 6.45) is 2.72. The molecule has 1 aliphatic rings. The fourth-order valence-corrected chi connectivity index (χ4v) is 2.48. The van der Waals surface area contributed by atoms with Crippen molar-refractivity contribution in [2.75, 3.05) is 18.0 Å². The van der Waals surface area contributed by atoms with Crippen molar-refractivity contribution >= 4 is 17.7 Å². The number of aryl methyl sites for hydroxylation is 1. The molecule has 1 fully saturated rings. The van der Waals surface area contributed by atoms with Crippen LogP contribution in [0.5, 0.6) is 0 Å². The molecule has 1 aromatic rings. The number of benzene rings is 1. The number of para-hydroxylation sites is 1. The van der Waals surface area contributed by atoms with Gasteiger partial charge in [-0.15, -0.1) is 0 Å². The number of anilines is 1. The van der Waals surface area contributed by atoms with E-state index in [1.165, 1.54) is 0 Å². The minimum Gasteiger partial charge on any atom is -0.365 e. The molecule has 1 saturated heterocycles. The average Bonchev–Trinajstić information content (AvgIpc) is 2.38. The molecule has 0 radical (unpaired) electrons. The number of rotatable bonds is 3. The zero-order chi connectivity index (χ0) is 13.1. The second-order valence-electron chi connectivity index (χ2n) is 4.68. The van der Waals surface area contributed by atoms with Crippen molar-refractivity contribution in [3.05, 3.63) is 33.9 Å². The zero-order valence-electron chi connectivity index (χ0n) is 10.3. The second kappa shape index (κ2) is 5.16. The van der Waals surface area contributed by atoms with Gasteiger partial charge in [0.25, 0.3) is 5.69 Å². The van der Waals surface area contributed by atoms with E-state index < -0.39 is 0 Å². The van der Waals surface area contributed by atoms with Crippen LogP contribution in [0.4, 0.5) is 11.4 Å². The summed E-state index contributed by atoms with van der Waals surface area (Å²) in [5.41, 5.74) is 1.45. The highest BCUT2D eigenvalue weighted by Crippen LogP contribution is 2.33. The predicted molar refractivity (Wildman–Crippen MR) is 68.8 cm³/mol. The Bertz CT molecular complexity index is 473. The van der Waals surface area contributed by atoms with E-state index in [-0.39, 0.29) is 16.5 Å². The maximum atomic E-state index is 11.1. The molecular formula is C13H16N2O3. The van der Waals surface area contributed by atoms with Gasteiger partial charge in [0.05, 0.1) is 4.92 Å². The van der Waals surface area contributed by atoms with Crippen LogP contribution in [-0.2, 0) is 4.79 Å². The molecule has 18 heavy (non-hydrogen) atoms. The quantitative estimate of drug-likeness (QED) is 0.468. The smallest absolute Gasteiger partial charge is 0.295 e. The fourth-order valence-electron chi connectivity index (χ4n) is 2.48. The van der Waals surface area contributed by atoms with Crippen molar-refractivity contribution in [1.82, 2.24) is 0 Å². The molecule has 1 heterocycles. The molecule has 0 bridgehead atoms. The monoisotopic (exact) mass is 248 g/mol. The first-order chi connectivity index (χ1) is 8.63. The summed E-state index contributed by atoms with van der Waals surface area (Å²) in [5, 5.41) is 11.1. The van der Waals surface area contributed by atoms with E-state index >= 15 is 0 Å². The molecule has 5 nitrogen and oxygen atoms in total. The van der Waals surface area contributed by atoms with Gasteiger partial charge in [-0.1, -0.05) is 12.1 Å². The lowest BCUT2D eigenvalue weighted by Crippen LogP contribution is -2.36. The minimum absolute atomic E-state index is 0.0149. The summed E-state index contributed by atoms with van der Waals surface area (Å²) in [4.78, 5) is 23.6. The van der Waals surface area contributed by atoms with Gasteiger partial charge in [0.2, 0.25) is 0 Å². The molecule has 0 spiro atoms. The first-order valence-electron chi connectivity index (χ1n) is 6.07. The van der Waals surface area contributed by atoms with Crippen LogP contribution in [0, 0.1) is 23.0 Å². The van der Waals surface area contributed by atoms with Crippen molar-refractivity contribution in [3.8, 4) is 0 Å². The number of hydrogen-bond acceptors (Lipinski definition) is 4. The third-order valence-corrected chi connectivity index (χ3v) is 3.39. The molecule has 0 amide bonds. The molecule has 0 N–H and O–H groups in total. The van der Waals surface area contributed by atoms with Crippen LogP contribution in [0.15, 0.2) is 18.2 Å². The van der Waals surface area contributed by atoms with E-state index in [1.54, 1.807) is 19.1 Å². The number of nitro groups is 1. The number of carbonyl (C=O) groups excluding carboxylic acids is 1. The Morgan fingerprint density at radius 2 is 2.28 bits per heavy atom. The van der Waals surface area contributed by atoms with Crippen LogP contribution < -0.4 is 4.90 Å². The van der Waals surface area contributed by atoms with E-state index in [2.05, 4.69) is 0 Å². The van der Waals surface area contributed by atoms with Crippen LogP contribution in [0.25, 0.3) is 0 Å². The first-order valence-corrected chi connectivity index (χ1v) is 6.07. The fraction of sp³-hybridized carbons (Fsp3) is 0.462. The number of nitrogens with zero attached hydrogens (tertiary/aromatic N) is 2. The Kier molecular flexibility index (Phi) is 3.60. The lowest BCUT2D eigenvalue weighted by atomic mass is 9.98. The molecule has 0 saturated carbocycles. The van der Waals surface area contributed by atoms with Gasteiger partial charge >= 0.3 is 0 Å². The average molecular weight is 248 g/mol. The number of hydrogen-bond donors (Lipinski definition) is 0. The molecule has 1 atom stereocenters. The second-order valence-corrected chi connectivity index (χ2v) is 4.68. The van der Waals surface area contributed by atoms with Crippen LogP contribution in [0.2, 0.25) is 0 Å². The standard InChI is InChI=1S/C13H16N2O3/c1-10-4-2-6-12(13(10)15(17)18)14-7-3-5-11(8-14)9-16/h2,4,6,9,11H,3,5,7-8H2,1H3. The van der Waals surface area contributed by atoms with Crippen molar-refractivity contribution < 1.29 is 9.72 Å². The van der Waals surface area contributed by atoms with Gasteiger partial charge in [-0.3, -0.25) is 10.1 Å². The molecule has 1 aromatic carbocycles. The van der Waals surface area contributed by atoms with Gasteiger partial charge in [0.1, 0.15) is 12.0 Å². The summed E-state index contributed by atoms with van der Waals surface area (Å²) in [5.74, 6) is -0.0149. The SMILES string of the molecule is Cc1cccc(N2CCCC(C=O)C2)c1[N+](=O)[O-]. The van der Waals surface area contributed by atoms with Crippen LogP contribution >= 0.6 is 0 Å². The van der Waals surface area contributed by atoms with Gasteiger partial charge in [0, 0.05) is 24.6 Å². The normalized spacial score (nSPS) is 19.6. The summed E-state index contributed by atoms with van der Waals surface area (Å²) >= 11 is 0. The summed E-state index contributed by atoms with van der Waals surface area (Å²) < 4.78 is 0. The largest absolute Gasteiger partial charge is 0.365 e. The van der Waals surface area contributed by atoms with E-state index in [0.29, 0.717) is 17.8 Å². The molecule has 1 unspecified atom stereocenters. The van der Waals surface area contributed by atoms with E-state index in [1.807, 2.05) is 11.0 Å². The Labute approximate surface area is 106 Å². The van der Waals surface area contributed by atoms with Gasteiger partial charge in [0.15, 0.2) is 0 Å². The van der Waals surface area contributed by atoms with Gasteiger partial charge in [-0.25, -0.2) is 0 Å². The lowest BCUT2D eigenvalue weighted by molar-refractivity contribution is -0.384. The third-order valence-electron chi connectivity index (χ3n) is 3.39. The third kappa shape index (κ3) is 2.34. The summed E-state index contributed by atoms with van der Waals surface area (Å²) in [7, 11) is 0. The lowest BCUT2D eigenvalue weighted by Gasteiger charge is -2.31. The maximum Gasteiger partial charge on any atom is 0.295 e. The molecule has 0 aromatic heterocycles. The zero-order valence-corrected chi connectivity index (χ0v) is 10.3. The summed E-state index contributed by atoms with van der Waals surface area (Å²) in [6.45, 7) is 3.09. The Morgan fingerprint density at radius 3 is 2.94 bits per heavy atom. The van der Waals surface area contributed by atoms with Crippen molar-refractivity contribution in [3.63, 3.8) is 0 Å². The van der Waals surface area contributed by atoms with E-state index in [9.17, 15) is 14.9 Å². The molecule has 5 heteroatoms. The number of nitro benzene ring substituents is 1. The number of aldehydes is 1. The molecular weight excluding hydrogens is 232 g/mol. The molecule has 96 valence electrons. The van der Waals surface area contributed by atoms with E-state index in [0.717, 1.165) is 25.7 Å². The minimum atomic E-state index is -0.338. The van der Waals surface area contributed by atoms with Crippen LogP contribution in [0.1, 0.15) is 18.4 Å². The van der Waals surface area contributed by atoms with Crippen molar-refractivity contribution in [2.24, 2.45) is 5.92 Å².